The molecule has 0 aromatic heterocycles. The lowest BCUT2D eigenvalue weighted by molar-refractivity contribution is -0.175. The smallest absolute Gasteiger partial charge is 0.471 e. The molecule has 1 rings (SSSR count). The van der Waals surface area contributed by atoms with Gasteiger partial charge in [-0.1, -0.05) is 30.3 Å². The van der Waals surface area contributed by atoms with Crippen LogP contribution < -0.4 is 10.6 Å². The minimum Gasteiger partial charge on any atom is -0.481 e. The van der Waals surface area contributed by atoms with Crippen LogP contribution >= 0.6 is 0 Å². The molecular formula is C16H17F3N2O6. The summed E-state index contributed by atoms with van der Waals surface area (Å²) in [5, 5.41) is 12.2. The molecule has 8 nitrogen and oxygen atoms in total. The summed E-state index contributed by atoms with van der Waals surface area (Å²) in [6.45, 7) is 0. The van der Waals surface area contributed by atoms with Crippen molar-refractivity contribution in [1.82, 2.24) is 10.6 Å². The fraction of sp³-hybridized carbons (Fsp3) is 0.375. The number of hydrogen-bond acceptors (Lipinski definition) is 5. The molecule has 0 aliphatic heterocycles. The molecule has 0 saturated heterocycles. The number of aliphatic carboxylic acids is 1. The predicted octanol–water partition coefficient (Wildman–Crippen LogP) is 0.409. The normalized spacial score (nSPS) is 13.2. The zero-order valence-corrected chi connectivity index (χ0v) is 14.1. The van der Waals surface area contributed by atoms with Gasteiger partial charge in [0.25, 0.3) is 0 Å². The molecule has 0 bridgehead atoms. The second kappa shape index (κ2) is 9.55. The van der Waals surface area contributed by atoms with Crippen molar-refractivity contribution >= 4 is 23.8 Å². The molecule has 11 heteroatoms. The Morgan fingerprint density at radius 2 is 1.67 bits per heavy atom. The molecule has 0 spiro atoms. The molecule has 3 N–H and O–H groups in total. The quantitative estimate of drug-likeness (QED) is 0.553. The average molecular weight is 390 g/mol. The van der Waals surface area contributed by atoms with Crippen LogP contribution in [0.5, 0.6) is 0 Å². The molecule has 27 heavy (non-hydrogen) atoms. The fourth-order valence-corrected chi connectivity index (χ4v) is 2.08. The number of carboxylic acid groups (broad SMARTS) is 1. The largest absolute Gasteiger partial charge is 0.481 e. The van der Waals surface area contributed by atoms with Crippen LogP contribution in [0.3, 0.4) is 0 Å². The molecule has 0 radical (unpaired) electrons. The number of carboxylic acids is 1. The van der Waals surface area contributed by atoms with Crippen molar-refractivity contribution < 1.29 is 42.2 Å². The summed E-state index contributed by atoms with van der Waals surface area (Å²) in [5.74, 6) is -6.23. The number of rotatable bonds is 8. The highest BCUT2D eigenvalue weighted by Gasteiger charge is 2.41. The summed E-state index contributed by atoms with van der Waals surface area (Å²) in [5.41, 5.74) is 0.613. The minimum atomic E-state index is -5.30. The van der Waals surface area contributed by atoms with Gasteiger partial charge < -0.3 is 20.5 Å². The van der Waals surface area contributed by atoms with Gasteiger partial charge in [0, 0.05) is 6.42 Å². The molecule has 0 aliphatic carbocycles. The van der Waals surface area contributed by atoms with Gasteiger partial charge in [0.2, 0.25) is 5.91 Å². The zero-order chi connectivity index (χ0) is 20.6. The Labute approximate surface area is 151 Å². The number of carbonyl (C=O) groups excluding carboxylic acids is 3. The van der Waals surface area contributed by atoms with Crippen LogP contribution in [0.25, 0.3) is 0 Å². The maximum absolute atomic E-state index is 12.4. The van der Waals surface area contributed by atoms with Crippen molar-refractivity contribution in [1.29, 1.82) is 0 Å². The number of hydrogen-bond donors (Lipinski definition) is 3. The van der Waals surface area contributed by atoms with Gasteiger partial charge in [0.05, 0.1) is 13.5 Å². The molecule has 0 fully saturated rings. The van der Waals surface area contributed by atoms with Gasteiger partial charge >= 0.3 is 24.0 Å². The Kier molecular flexibility index (Phi) is 7.76. The van der Waals surface area contributed by atoms with Crippen molar-refractivity contribution in [2.45, 2.75) is 31.1 Å². The SMILES string of the molecule is COC(=O)[C@H](Cc1ccccc1)NC(=O)[C@@H](CC(=O)O)NC(=O)C(F)(F)F. The van der Waals surface area contributed by atoms with Gasteiger partial charge in [-0.25, -0.2) is 4.79 Å². The van der Waals surface area contributed by atoms with Crippen LogP contribution in [0.1, 0.15) is 12.0 Å². The highest BCUT2D eigenvalue weighted by atomic mass is 19.4. The summed E-state index contributed by atoms with van der Waals surface area (Å²) in [6, 6.07) is 5.02. The summed E-state index contributed by atoms with van der Waals surface area (Å²) >= 11 is 0. The molecule has 0 heterocycles. The van der Waals surface area contributed by atoms with E-state index in [1.54, 1.807) is 30.3 Å². The standard InChI is InChI=1S/C16H17F3N2O6/c1-27-14(25)11(7-9-5-3-2-4-6-9)20-13(24)10(8-12(22)23)21-15(26)16(17,18)19/h2-6,10-11H,7-8H2,1H3,(H,20,24)(H,21,26)(H,22,23)/t10-,11+/m1/s1. The summed E-state index contributed by atoms with van der Waals surface area (Å²) in [7, 11) is 1.05. The van der Waals surface area contributed by atoms with Crippen LogP contribution in [0.4, 0.5) is 13.2 Å². The Morgan fingerprint density at radius 1 is 1.07 bits per heavy atom. The Bertz CT molecular complexity index is 693. The molecule has 0 saturated carbocycles. The highest BCUT2D eigenvalue weighted by molar-refractivity contribution is 5.94. The van der Waals surface area contributed by atoms with Crippen LogP contribution in [0.15, 0.2) is 30.3 Å². The van der Waals surface area contributed by atoms with Crippen LogP contribution in [-0.4, -0.2) is 54.2 Å². The van der Waals surface area contributed by atoms with Crippen molar-refractivity contribution in [2.24, 2.45) is 0 Å². The van der Waals surface area contributed by atoms with Crippen molar-refractivity contribution in [3.05, 3.63) is 35.9 Å². The van der Waals surface area contributed by atoms with Gasteiger partial charge in [-0.05, 0) is 5.56 Å². The summed E-state index contributed by atoms with van der Waals surface area (Å²) < 4.78 is 41.7. The third-order valence-electron chi connectivity index (χ3n) is 3.34. The number of benzene rings is 1. The van der Waals surface area contributed by atoms with Crippen molar-refractivity contribution in [3.63, 3.8) is 0 Å². The number of ether oxygens (including phenoxy) is 1. The third-order valence-corrected chi connectivity index (χ3v) is 3.34. The van der Waals surface area contributed by atoms with E-state index in [-0.39, 0.29) is 6.42 Å². The molecule has 2 atom stereocenters. The van der Waals surface area contributed by atoms with E-state index in [0.29, 0.717) is 5.56 Å². The van der Waals surface area contributed by atoms with E-state index in [1.165, 1.54) is 5.32 Å². The molecule has 1 aromatic rings. The molecule has 2 amide bonds. The number of halogens is 3. The summed E-state index contributed by atoms with van der Waals surface area (Å²) in [4.78, 5) is 45.9. The second-order valence-electron chi connectivity index (χ2n) is 5.40. The predicted molar refractivity (Wildman–Crippen MR) is 84.3 cm³/mol. The maximum atomic E-state index is 12.4. The Balaban J connectivity index is 2.94. The Morgan fingerprint density at radius 3 is 2.15 bits per heavy atom. The van der Waals surface area contributed by atoms with Crippen molar-refractivity contribution in [2.75, 3.05) is 7.11 Å². The lowest BCUT2D eigenvalue weighted by atomic mass is 10.0. The van der Waals surface area contributed by atoms with Crippen LogP contribution in [0.2, 0.25) is 0 Å². The molecular weight excluding hydrogens is 373 g/mol. The number of alkyl halides is 3. The molecule has 148 valence electrons. The lowest BCUT2D eigenvalue weighted by Crippen LogP contribution is -2.55. The number of nitrogens with one attached hydrogen (secondary N) is 2. The molecule has 0 aliphatic rings. The highest BCUT2D eigenvalue weighted by Crippen LogP contribution is 2.15. The van der Waals surface area contributed by atoms with Gasteiger partial charge in [0.15, 0.2) is 0 Å². The number of methoxy groups -OCH3 is 1. The van der Waals surface area contributed by atoms with E-state index in [1.807, 2.05) is 0 Å². The first-order valence-corrected chi connectivity index (χ1v) is 7.56. The minimum absolute atomic E-state index is 0.0493. The number of amides is 2. The Hall–Kier alpha value is -3.11. The van der Waals surface area contributed by atoms with Crippen LogP contribution in [0, 0.1) is 0 Å². The van der Waals surface area contributed by atoms with Gasteiger partial charge in [-0.2, -0.15) is 13.2 Å². The number of carbonyl (C=O) groups is 4. The zero-order valence-electron chi connectivity index (χ0n) is 14.1. The molecule has 1 aromatic carbocycles. The monoisotopic (exact) mass is 390 g/mol. The third kappa shape index (κ3) is 7.34. The topological polar surface area (TPSA) is 122 Å². The second-order valence-corrected chi connectivity index (χ2v) is 5.40. The number of esters is 1. The first-order chi connectivity index (χ1) is 12.5. The van der Waals surface area contributed by atoms with E-state index >= 15 is 0 Å². The van der Waals surface area contributed by atoms with Gasteiger partial charge in [0.1, 0.15) is 12.1 Å². The van der Waals surface area contributed by atoms with Crippen LogP contribution in [-0.2, 0) is 30.3 Å². The van der Waals surface area contributed by atoms with E-state index in [2.05, 4.69) is 10.1 Å². The van der Waals surface area contributed by atoms with E-state index in [4.69, 9.17) is 5.11 Å². The summed E-state index contributed by atoms with van der Waals surface area (Å²) in [6.07, 6.45) is -6.46. The first-order valence-electron chi connectivity index (χ1n) is 7.56. The average Bonchev–Trinajstić information content (AvgIpc) is 2.59. The lowest BCUT2D eigenvalue weighted by Gasteiger charge is -2.21. The first kappa shape index (κ1) is 21.9. The van der Waals surface area contributed by atoms with Gasteiger partial charge in [-0.3, -0.25) is 14.4 Å². The maximum Gasteiger partial charge on any atom is 0.471 e. The van der Waals surface area contributed by atoms with E-state index in [0.717, 1.165) is 7.11 Å². The van der Waals surface area contributed by atoms with E-state index < -0.39 is 48.4 Å². The van der Waals surface area contributed by atoms with Crippen molar-refractivity contribution in [3.8, 4) is 0 Å². The fourth-order valence-electron chi connectivity index (χ4n) is 2.08. The van der Waals surface area contributed by atoms with Gasteiger partial charge in [-0.15, -0.1) is 0 Å². The molecule has 0 unspecified atom stereocenters. The van der Waals surface area contributed by atoms with E-state index in [9.17, 15) is 32.3 Å².